The third-order valence-electron chi connectivity index (χ3n) is 6.47. The fourth-order valence-corrected chi connectivity index (χ4v) is 5.83. The topological polar surface area (TPSA) is 122 Å². The number of fused-ring (bicyclic) bond motifs is 1. The summed E-state index contributed by atoms with van der Waals surface area (Å²) < 4.78 is 46.4. The van der Waals surface area contributed by atoms with Crippen molar-refractivity contribution >= 4 is 32.4 Å². The van der Waals surface area contributed by atoms with Crippen LogP contribution in [0.1, 0.15) is 26.3 Å². The Bertz CT molecular complexity index is 1350. The van der Waals surface area contributed by atoms with Crippen molar-refractivity contribution < 1.29 is 17.5 Å². The molecule has 3 aromatic rings. The maximum absolute atomic E-state index is 15.1. The lowest BCUT2D eigenvalue weighted by Crippen LogP contribution is -2.60. The van der Waals surface area contributed by atoms with E-state index in [1.54, 1.807) is 52.4 Å². The first-order valence-corrected chi connectivity index (χ1v) is 12.2. The van der Waals surface area contributed by atoms with Gasteiger partial charge >= 0.3 is 0 Å². The third kappa shape index (κ3) is 3.98. The number of sulfonamides is 1. The van der Waals surface area contributed by atoms with E-state index in [-0.39, 0.29) is 12.1 Å². The highest BCUT2D eigenvalue weighted by Crippen LogP contribution is 2.35. The molecule has 0 bridgehead atoms. The van der Waals surface area contributed by atoms with Gasteiger partial charge in [0.05, 0.1) is 25.0 Å². The van der Waals surface area contributed by atoms with E-state index in [1.165, 1.54) is 17.4 Å². The number of methoxy groups -OCH3 is 1. The zero-order chi connectivity index (χ0) is 24.9. The van der Waals surface area contributed by atoms with Crippen LogP contribution in [0.4, 0.5) is 15.9 Å². The summed E-state index contributed by atoms with van der Waals surface area (Å²) in [5.41, 5.74) is 6.67. The summed E-state index contributed by atoms with van der Waals surface area (Å²) in [5.74, 6) is 0.639. The highest BCUT2D eigenvalue weighted by atomic mass is 32.2. The van der Waals surface area contributed by atoms with Crippen molar-refractivity contribution in [3.05, 3.63) is 54.1 Å². The van der Waals surface area contributed by atoms with E-state index in [0.29, 0.717) is 22.8 Å². The maximum atomic E-state index is 15.1. The van der Waals surface area contributed by atoms with E-state index in [1.807, 2.05) is 12.1 Å². The second-order valence-corrected chi connectivity index (χ2v) is 11.9. The van der Waals surface area contributed by atoms with Crippen molar-refractivity contribution in [2.75, 3.05) is 26.0 Å². The van der Waals surface area contributed by atoms with Gasteiger partial charge in [-0.15, -0.1) is 0 Å². The predicted octanol–water partition coefficient (Wildman–Crippen LogP) is 2.66. The summed E-state index contributed by atoms with van der Waals surface area (Å²) in [5, 5.41) is 7.21. The van der Waals surface area contributed by atoms with E-state index in [2.05, 4.69) is 20.6 Å². The zero-order valence-electron chi connectivity index (χ0n) is 19.8. The number of rotatable bonds is 4. The standard InChI is InChI=1S/C23H29FN6O3S/c1-22(2)21(25)29-23(3,13-30(4)34(22,31)32)17-11-15(6-7-18(17)24)28-20-19-14(8-9-26-20)10-16(33-5)12-27-19/h6-12,21,29H,13,25H2,1-5H3,(H,26,28)/t21?,23-/m0/s1. The molecule has 4 rings (SSSR count). The fourth-order valence-electron chi connectivity index (χ4n) is 4.22. The third-order valence-corrected chi connectivity index (χ3v) is 9.00. The highest BCUT2D eigenvalue weighted by Gasteiger charge is 2.50. The molecule has 0 saturated carbocycles. The summed E-state index contributed by atoms with van der Waals surface area (Å²) in [6.45, 7) is 4.86. The fraction of sp³-hybridized carbons (Fsp3) is 0.391. The van der Waals surface area contributed by atoms with Crippen LogP contribution in [-0.2, 0) is 15.6 Å². The van der Waals surface area contributed by atoms with Crippen molar-refractivity contribution in [3.8, 4) is 5.75 Å². The Morgan fingerprint density at radius 3 is 2.68 bits per heavy atom. The summed E-state index contributed by atoms with van der Waals surface area (Å²) in [6.07, 6.45) is 2.31. The van der Waals surface area contributed by atoms with Crippen LogP contribution in [0.2, 0.25) is 0 Å². The lowest BCUT2D eigenvalue weighted by molar-refractivity contribution is 0.265. The summed E-state index contributed by atoms with van der Waals surface area (Å²) >= 11 is 0. The largest absolute Gasteiger partial charge is 0.495 e. The molecule has 34 heavy (non-hydrogen) atoms. The summed E-state index contributed by atoms with van der Waals surface area (Å²) in [4.78, 5) is 8.81. The van der Waals surface area contributed by atoms with Crippen molar-refractivity contribution in [3.63, 3.8) is 0 Å². The normalized spacial score (nSPS) is 24.5. The number of hydrogen-bond acceptors (Lipinski definition) is 8. The quantitative estimate of drug-likeness (QED) is 0.512. The van der Waals surface area contributed by atoms with Gasteiger partial charge in [0, 0.05) is 36.4 Å². The lowest BCUT2D eigenvalue weighted by Gasteiger charge is -2.35. The molecular weight excluding hydrogens is 459 g/mol. The first kappa shape index (κ1) is 24.3. The molecule has 1 unspecified atom stereocenters. The number of ether oxygens (including phenoxy) is 1. The molecule has 9 nitrogen and oxygen atoms in total. The molecule has 3 heterocycles. The number of pyridine rings is 2. The van der Waals surface area contributed by atoms with E-state index in [9.17, 15) is 8.42 Å². The first-order chi connectivity index (χ1) is 15.9. The van der Waals surface area contributed by atoms with Crippen LogP contribution in [0.3, 0.4) is 0 Å². The maximum Gasteiger partial charge on any atom is 0.221 e. The Morgan fingerprint density at radius 2 is 1.97 bits per heavy atom. The van der Waals surface area contributed by atoms with Gasteiger partial charge in [0.1, 0.15) is 21.8 Å². The first-order valence-electron chi connectivity index (χ1n) is 10.7. The number of anilines is 2. The highest BCUT2D eigenvalue weighted by molar-refractivity contribution is 7.90. The SMILES string of the molecule is COc1cnc2c(Nc3ccc(F)c([C@]4(C)CN(C)S(=O)(=O)C(C)(C)C(N)N4)c3)nccc2c1. The van der Waals surface area contributed by atoms with Gasteiger partial charge in [-0.1, -0.05) is 0 Å². The van der Waals surface area contributed by atoms with Crippen LogP contribution in [0.5, 0.6) is 5.75 Å². The minimum Gasteiger partial charge on any atom is -0.495 e. The van der Waals surface area contributed by atoms with Crippen molar-refractivity contribution in [2.24, 2.45) is 5.73 Å². The number of nitrogens with two attached hydrogens (primary N) is 1. The van der Waals surface area contributed by atoms with Gasteiger partial charge in [-0.05, 0) is 51.1 Å². The predicted molar refractivity (Wildman–Crippen MR) is 130 cm³/mol. The number of halogens is 1. The van der Waals surface area contributed by atoms with Crippen LogP contribution >= 0.6 is 0 Å². The van der Waals surface area contributed by atoms with E-state index in [0.717, 1.165) is 5.39 Å². The molecule has 0 spiro atoms. The Morgan fingerprint density at radius 1 is 1.24 bits per heavy atom. The van der Waals surface area contributed by atoms with Crippen LogP contribution in [-0.4, -0.2) is 54.3 Å². The lowest BCUT2D eigenvalue weighted by atomic mass is 9.89. The zero-order valence-corrected chi connectivity index (χ0v) is 20.6. The summed E-state index contributed by atoms with van der Waals surface area (Å²) in [7, 11) is -0.675. The molecule has 0 aliphatic carbocycles. The second kappa shape index (κ2) is 8.42. The van der Waals surface area contributed by atoms with Gasteiger partial charge in [-0.25, -0.2) is 27.1 Å². The van der Waals surface area contributed by atoms with E-state index in [4.69, 9.17) is 10.5 Å². The molecule has 0 radical (unpaired) electrons. The molecule has 0 amide bonds. The molecule has 1 aromatic carbocycles. The van der Waals surface area contributed by atoms with Crippen molar-refractivity contribution in [1.82, 2.24) is 19.6 Å². The molecule has 2 aromatic heterocycles. The molecule has 1 fully saturated rings. The number of benzene rings is 1. The Kier molecular flexibility index (Phi) is 6.01. The Labute approximate surface area is 198 Å². The van der Waals surface area contributed by atoms with Crippen LogP contribution in [0, 0.1) is 5.82 Å². The van der Waals surface area contributed by atoms with Gasteiger partial charge in [0.25, 0.3) is 0 Å². The van der Waals surface area contributed by atoms with Crippen molar-refractivity contribution in [2.45, 2.75) is 37.2 Å². The number of aromatic nitrogens is 2. The molecule has 11 heteroatoms. The smallest absolute Gasteiger partial charge is 0.221 e. The minimum absolute atomic E-state index is 0.000699. The van der Waals surface area contributed by atoms with Crippen LogP contribution < -0.4 is 21.1 Å². The van der Waals surface area contributed by atoms with Gasteiger partial charge < -0.3 is 15.8 Å². The van der Waals surface area contributed by atoms with E-state index < -0.39 is 32.3 Å². The molecule has 1 saturated heterocycles. The average molecular weight is 489 g/mol. The number of nitrogens with one attached hydrogen (secondary N) is 2. The molecule has 4 N–H and O–H groups in total. The Balaban J connectivity index is 1.74. The van der Waals surface area contributed by atoms with Gasteiger partial charge in [0.2, 0.25) is 10.0 Å². The molecular formula is C23H29FN6O3S. The molecule has 2 atom stereocenters. The Hall–Kier alpha value is -2.86. The van der Waals surface area contributed by atoms with Crippen LogP contribution in [0.25, 0.3) is 10.9 Å². The number of nitrogens with zero attached hydrogens (tertiary/aromatic N) is 3. The van der Waals surface area contributed by atoms with Gasteiger partial charge in [-0.2, -0.15) is 0 Å². The van der Waals surface area contributed by atoms with Crippen molar-refractivity contribution in [1.29, 1.82) is 0 Å². The molecule has 1 aliphatic heterocycles. The molecule has 1 aliphatic rings. The number of hydrogen-bond donors (Lipinski definition) is 3. The minimum atomic E-state index is -3.73. The second-order valence-electron chi connectivity index (χ2n) is 9.24. The van der Waals surface area contributed by atoms with Gasteiger partial charge in [0.15, 0.2) is 5.82 Å². The number of likely N-dealkylation sites (N-methyl/N-ethyl adjacent to an activating group) is 1. The molecule has 182 valence electrons. The summed E-state index contributed by atoms with van der Waals surface area (Å²) in [6, 6.07) is 8.23. The van der Waals surface area contributed by atoms with Crippen LogP contribution in [0.15, 0.2) is 42.7 Å². The van der Waals surface area contributed by atoms with Gasteiger partial charge in [-0.3, -0.25) is 5.32 Å². The van der Waals surface area contributed by atoms with E-state index >= 15 is 4.39 Å². The monoisotopic (exact) mass is 488 g/mol. The average Bonchev–Trinajstić information content (AvgIpc) is 2.83.